The Labute approximate surface area is 168 Å². The van der Waals surface area contributed by atoms with Crippen LogP contribution in [0.4, 0.5) is 5.69 Å². The third-order valence-corrected chi connectivity index (χ3v) is 6.19. The lowest BCUT2D eigenvalue weighted by atomic mass is 10.00. The highest BCUT2D eigenvalue weighted by Crippen LogP contribution is 2.23. The Morgan fingerprint density at radius 1 is 1.07 bits per heavy atom. The van der Waals surface area contributed by atoms with Gasteiger partial charge in [-0.25, -0.2) is 8.42 Å². The Hall–Kier alpha value is -2.34. The summed E-state index contributed by atoms with van der Waals surface area (Å²) in [5.41, 5.74) is 4.82. The van der Waals surface area contributed by atoms with E-state index in [0.717, 1.165) is 34.9 Å². The molecule has 2 aromatic carbocycles. The van der Waals surface area contributed by atoms with Gasteiger partial charge in [0.15, 0.2) is 0 Å². The largest absolute Gasteiger partial charge is 0.348 e. The van der Waals surface area contributed by atoms with E-state index in [-0.39, 0.29) is 11.9 Å². The van der Waals surface area contributed by atoms with E-state index >= 15 is 0 Å². The molecule has 5 nitrogen and oxygen atoms in total. The normalized spacial score (nSPS) is 13.6. The first-order valence-corrected chi connectivity index (χ1v) is 11.3. The molecule has 0 aliphatic rings. The number of benzene rings is 2. The van der Waals surface area contributed by atoms with Crippen molar-refractivity contribution in [2.75, 3.05) is 10.6 Å². The molecule has 0 unspecified atom stereocenters. The second-order valence-corrected chi connectivity index (χ2v) is 9.20. The Morgan fingerprint density at radius 2 is 1.68 bits per heavy atom. The second-order valence-electron chi connectivity index (χ2n) is 7.35. The van der Waals surface area contributed by atoms with Crippen LogP contribution in [-0.2, 0) is 21.2 Å². The summed E-state index contributed by atoms with van der Waals surface area (Å²) in [6.07, 6.45) is 1.99. The number of nitrogens with zero attached hydrogens (tertiary/aromatic N) is 1. The van der Waals surface area contributed by atoms with Crippen molar-refractivity contribution < 1.29 is 13.2 Å². The van der Waals surface area contributed by atoms with Gasteiger partial charge in [-0.15, -0.1) is 0 Å². The fraction of sp³-hybridized carbons (Fsp3) is 0.409. The van der Waals surface area contributed by atoms with Crippen molar-refractivity contribution in [1.82, 2.24) is 5.32 Å². The highest BCUT2D eigenvalue weighted by Gasteiger charge is 2.30. The van der Waals surface area contributed by atoms with E-state index in [0.29, 0.717) is 5.69 Å². The average molecular weight is 403 g/mol. The minimum atomic E-state index is -3.62. The molecular weight excluding hydrogens is 372 g/mol. The summed E-state index contributed by atoms with van der Waals surface area (Å²) in [4.78, 5) is 12.9. The molecule has 0 heterocycles. The molecule has 2 rings (SSSR count). The Kier molecular flexibility index (Phi) is 6.88. The van der Waals surface area contributed by atoms with Crippen molar-refractivity contribution in [2.24, 2.45) is 0 Å². The Bertz CT molecular complexity index is 937. The zero-order chi connectivity index (χ0) is 21.1. The van der Waals surface area contributed by atoms with Gasteiger partial charge in [-0.3, -0.25) is 9.10 Å². The summed E-state index contributed by atoms with van der Waals surface area (Å²) in [7, 11) is -3.62. The maximum absolute atomic E-state index is 12.9. The number of sulfonamides is 1. The maximum Gasteiger partial charge on any atom is 0.244 e. The standard InChI is InChI=1S/C22H30N2O3S/c1-7-19-10-12-20(13-11-19)24(28(6,26)27)18(5)22(25)23-17(4)21-14-15(2)8-9-16(21)3/h8-14,17-18H,7H2,1-6H3,(H,23,25)/t17-,18+/m0/s1. The first-order valence-electron chi connectivity index (χ1n) is 9.50. The van der Waals surface area contributed by atoms with Crippen molar-refractivity contribution in [2.45, 2.75) is 53.1 Å². The van der Waals surface area contributed by atoms with Crippen LogP contribution >= 0.6 is 0 Å². The third kappa shape index (κ3) is 5.13. The van der Waals surface area contributed by atoms with Crippen molar-refractivity contribution in [3.8, 4) is 0 Å². The molecule has 2 atom stereocenters. The van der Waals surface area contributed by atoms with Gasteiger partial charge < -0.3 is 5.32 Å². The Morgan fingerprint density at radius 3 is 2.21 bits per heavy atom. The zero-order valence-electron chi connectivity index (χ0n) is 17.5. The minimum Gasteiger partial charge on any atom is -0.348 e. The number of hydrogen-bond donors (Lipinski definition) is 1. The van der Waals surface area contributed by atoms with Crippen LogP contribution in [0.3, 0.4) is 0 Å². The summed E-state index contributed by atoms with van der Waals surface area (Å²) in [5.74, 6) is -0.335. The van der Waals surface area contributed by atoms with Crippen LogP contribution < -0.4 is 9.62 Å². The predicted octanol–water partition coefficient (Wildman–Crippen LogP) is 3.90. The fourth-order valence-corrected chi connectivity index (χ4v) is 4.50. The smallest absolute Gasteiger partial charge is 0.244 e. The molecule has 1 N–H and O–H groups in total. The molecule has 0 aliphatic carbocycles. The molecule has 0 aliphatic heterocycles. The number of rotatable bonds is 7. The number of hydrogen-bond acceptors (Lipinski definition) is 3. The summed E-state index contributed by atoms with van der Waals surface area (Å²) in [5, 5.41) is 2.96. The van der Waals surface area contributed by atoms with E-state index in [1.165, 1.54) is 4.31 Å². The quantitative estimate of drug-likeness (QED) is 0.764. The average Bonchev–Trinajstić information content (AvgIpc) is 2.63. The molecular formula is C22H30N2O3S. The van der Waals surface area contributed by atoms with Gasteiger partial charge in [0.1, 0.15) is 6.04 Å². The van der Waals surface area contributed by atoms with E-state index in [9.17, 15) is 13.2 Å². The van der Waals surface area contributed by atoms with E-state index in [2.05, 4.69) is 5.32 Å². The molecule has 152 valence electrons. The fourth-order valence-electron chi connectivity index (χ4n) is 3.33. The molecule has 0 bridgehead atoms. The van der Waals surface area contributed by atoms with Crippen molar-refractivity contribution in [3.63, 3.8) is 0 Å². The van der Waals surface area contributed by atoms with Crippen LogP contribution in [0.25, 0.3) is 0 Å². The van der Waals surface area contributed by atoms with E-state index < -0.39 is 16.1 Å². The van der Waals surface area contributed by atoms with Crippen LogP contribution in [0.1, 0.15) is 49.1 Å². The number of aryl methyl sites for hydroxylation is 3. The monoisotopic (exact) mass is 402 g/mol. The Balaban J connectivity index is 2.27. The summed E-state index contributed by atoms with van der Waals surface area (Å²) in [6.45, 7) is 9.56. The first-order chi connectivity index (χ1) is 13.0. The highest BCUT2D eigenvalue weighted by atomic mass is 32.2. The van der Waals surface area contributed by atoms with Crippen molar-refractivity contribution in [3.05, 3.63) is 64.7 Å². The molecule has 0 radical (unpaired) electrons. The van der Waals surface area contributed by atoms with Gasteiger partial charge in [0, 0.05) is 0 Å². The van der Waals surface area contributed by atoms with E-state index in [4.69, 9.17) is 0 Å². The molecule has 0 aromatic heterocycles. The van der Waals surface area contributed by atoms with E-state index in [1.807, 2.05) is 58.0 Å². The summed E-state index contributed by atoms with van der Waals surface area (Å²) in [6, 6.07) is 12.3. The summed E-state index contributed by atoms with van der Waals surface area (Å²) < 4.78 is 26.0. The lowest BCUT2D eigenvalue weighted by Gasteiger charge is -2.29. The number of carbonyl (C=O) groups is 1. The van der Waals surface area contributed by atoms with Gasteiger partial charge in [0.05, 0.1) is 18.0 Å². The van der Waals surface area contributed by atoms with Crippen LogP contribution in [-0.4, -0.2) is 26.6 Å². The molecule has 6 heteroatoms. The number of nitrogens with one attached hydrogen (secondary N) is 1. The SMILES string of the molecule is CCc1ccc(N([C@H](C)C(=O)N[C@@H](C)c2cc(C)ccc2C)S(C)(=O)=O)cc1. The topological polar surface area (TPSA) is 66.5 Å². The summed E-state index contributed by atoms with van der Waals surface area (Å²) >= 11 is 0. The van der Waals surface area contributed by atoms with Crippen LogP contribution in [0.5, 0.6) is 0 Å². The molecule has 0 saturated heterocycles. The van der Waals surface area contributed by atoms with Crippen LogP contribution in [0.2, 0.25) is 0 Å². The lowest BCUT2D eigenvalue weighted by molar-refractivity contribution is -0.122. The molecule has 0 fully saturated rings. The molecule has 28 heavy (non-hydrogen) atoms. The van der Waals surface area contributed by atoms with Crippen molar-refractivity contribution >= 4 is 21.6 Å². The number of amides is 1. The first kappa shape index (κ1) is 22.0. The van der Waals surface area contributed by atoms with Gasteiger partial charge in [-0.05, 0) is 62.9 Å². The third-order valence-electron chi connectivity index (χ3n) is 4.95. The predicted molar refractivity (Wildman–Crippen MR) is 115 cm³/mol. The minimum absolute atomic E-state index is 0.223. The van der Waals surface area contributed by atoms with Crippen LogP contribution in [0.15, 0.2) is 42.5 Å². The number of carbonyl (C=O) groups excluding carboxylic acids is 1. The van der Waals surface area contributed by atoms with Crippen molar-refractivity contribution in [1.29, 1.82) is 0 Å². The molecule has 1 amide bonds. The molecule has 2 aromatic rings. The lowest BCUT2D eigenvalue weighted by Crippen LogP contribution is -2.48. The van der Waals surface area contributed by atoms with Gasteiger partial charge in [-0.2, -0.15) is 0 Å². The highest BCUT2D eigenvalue weighted by molar-refractivity contribution is 7.92. The van der Waals surface area contributed by atoms with Gasteiger partial charge in [0.25, 0.3) is 0 Å². The maximum atomic E-state index is 12.9. The zero-order valence-corrected chi connectivity index (χ0v) is 18.3. The molecule has 0 saturated carbocycles. The van der Waals surface area contributed by atoms with E-state index in [1.54, 1.807) is 19.1 Å². The van der Waals surface area contributed by atoms with Crippen LogP contribution in [0, 0.1) is 13.8 Å². The van der Waals surface area contributed by atoms with Gasteiger partial charge in [0.2, 0.25) is 15.9 Å². The number of anilines is 1. The van der Waals surface area contributed by atoms with Gasteiger partial charge in [-0.1, -0.05) is 42.8 Å². The van der Waals surface area contributed by atoms with Gasteiger partial charge >= 0.3 is 0 Å². The second kappa shape index (κ2) is 8.78. The molecule has 0 spiro atoms.